The number of benzene rings is 2. The lowest BCUT2D eigenvalue weighted by atomic mass is 10.0. The van der Waals surface area contributed by atoms with Crippen LogP contribution in [0.1, 0.15) is 25.3 Å². The van der Waals surface area contributed by atoms with Crippen molar-refractivity contribution in [3.63, 3.8) is 0 Å². The number of hydrogen-bond acceptors (Lipinski definition) is 6. The van der Waals surface area contributed by atoms with Gasteiger partial charge in [-0.1, -0.05) is 55.8 Å². The number of unbranched alkanes of at least 4 members (excludes halogenated alkanes) is 1. The van der Waals surface area contributed by atoms with Crippen LogP contribution in [0, 0.1) is 0 Å². The molecule has 0 spiro atoms. The normalized spacial score (nSPS) is 11.1. The minimum atomic E-state index is -0.492. The van der Waals surface area contributed by atoms with Gasteiger partial charge in [-0.05, 0) is 36.9 Å². The van der Waals surface area contributed by atoms with Crippen molar-refractivity contribution in [1.82, 2.24) is 20.0 Å². The first-order valence-corrected chi connectivity index (χ1v) is 11.8. The highest BCUT2D eigenvalue weighted by Crippen LogP contribution is 2.20. The SMILES string of the molecule is CCCCN(CCN(CC(=O)NCC(=O)OC)Cc1cccc2ccccc12)C(=O)CN(C)C. The molecule has 2 aromatic carbocycles. The minimum Gasteiger partial charge on any atom is -0.468 e. The molecule has 0 bridgehead atoms. The van der Waals surface area contributed by atoms with Crippen LogP contribution in [0.25, 0.3) is 10.8 Å². The lowest BCUT2D eigenvalue weighted by Gasteiger charge is -2.29. The smallest absolute Gasteiger partial charge is 0.325 e. The standard InChI is InChI=1S/C26H38N4O4/c1-5-6-14-30(25(32)20-28(2)3)16-15-29(19-24(31)27-17-26(33)34-4)18-22-12-9-11-21-10-7-8-13-23(21)22/h7-13H,5-6,14-20H2,1-4H3,(H,27,31). The van der Waals surface area contributed by atoms with E-state index in [1.165, 1.54) is 7.11 Å². The molecule has 34 heavy (non-hydrogen) atoms. The van der Waals surface area contributed by atoms with Gasteiger partial charge in [-0.15, -0.1) is 0 Å². The number of amides is 2. The maximum Gasteiger partial charge on any atom is 0.325 e. The molecule has 0 aliphatic carbocycles. The number of carbonyl (C=O) groups excluding carboxylic acids is 3. The Kier molecular flexibility index (Phi) is 11.5. The summed E-state index contributed by atoms with van der Waals surface area (Å²) < 4.78 is 4.61. The summed E-state index contributed by atoms with van der Waals surface area (Å²) in [6.07, 6.45) is 1.93. The molecule has 0 unspecified atom stereocenters. The Bertz CT molecular complexity index is 942. The van der Waals surface area contributed by atoms with Gasteiger partial charge in [-0.25, -0.2) is 0 Å². The van der Waals surface area contributed by atoms with Crippen LogP contribution >= 0.6 is 0 Å². The van der Waals surface area contributed by atoms with Crippen LogP contribution in [-0.2, 0) is 25.7 Å². The van der Waals surface area contributed by atoms with E-state index in [-0.39, 0.29) is 24.9 Å². The third-order valence-electron chi connectivity index (χ3n) is 5.57. The fraction of sp³-hybridized carbons (Fsp3) is 0.500. The molecular formula is C26H38N4O4. The zero-order valence-electron chi connectivity index (χ0n) is 20.9. The lowest BCUT2D eigenvalue weighted by Crippen LogP contribution is -2.45. The number of fused-ring (bicyclic) bond motifs is 1. The summed E-state index contributed by atoms with van der Waals surface area (Å²) >= 11 is 0. The molecule has 0 atom stereocenters. The highest BCUT2D eigenvalue weighted by Gasteiger charge is 2.18. The van der Waals surface area contributed by atoms with Gasteiger partial charge in [0, 0.05) is 26.2 Å². The Labute approximate surface area is 202 Å². The molecule has 0 aromatic heterocycles. The van der Waals surface area contributed by atoms with Crippen LogP contribution in [-0.4, -0.2) is 93.0 Å². The van der Waals surface area contributed by atoms with E-state index in [2.05, 4.69) is 41.2 Å². The number of nitrogens with one attached hydrogen (secondary N) is 1. The van der Waals surface area contributed by atoms with Gasteiger partial charge in [0.15, 0.2) is 0 Å². The number of hydrogen-bond donors (Lipinski definition) is 1. The molecule has 0 heterocycles. The Hall–Kier alpha value is -2.97. The fourth-order valence-corrected chi connectivity index (χ4v) is 3.73. The number of likely N-dealkylation sites (N-methyl/N-ethyl adjacent to an activating group) is 1. The zero-order valence-corrected chi connectivity index (χ0v) is 20.9. The van der Waals surface area contributed by atoms with Gasteiger partial charge < -0.3 is 19.9 Å². The van der Waals surface area contributed by atoms with Crippen molar-refractivity contribution < 1.29 is 19.1 Å². The maximum atomic E-state index is 12.8. The van der Waals surface area contributed by atoms with Crippen molar-refractivity contribution in [2.24, 2.45) is 0 Å². The summed E-state index contributed by atoms with van der Waals surface area (Å²) in [6, 6.07) is 14.3. The topological polar surface area (TPSA) is 82.2 Å². The Morgan fingerprint density at radius 2 is 1.68 bits per heavy atom. The van der Waals surface area contributed by atoms with E-state index in [0.29, 0.717) is 32.7 Å². The van der Waals surface area contributed by atoms with Gasteiger partial charge in [-0.2, -0.15) is 0 Å². The summed E-state index contributed by atoms with van der Waals surface area (Å²) in [5.74, 6) is -0.668. The second-order valence-electron chi connectivity index (χ2n) is 8.67. The molecule has 0 radical (unpaired) electrons. The summed E-state index contributed by atoms with van der Waals surface area (Å²) in [5.41, 5.74) is 1.11. The molecule has 2 aromatic rings. The van der Waals surface area contributed by atoms with Crippen molar-refractivity contribution in [3.05, 3.63) is 48.0 Å². The van der Waals surface area contributed by atoms with E-state index < -0.39 is 5.97 Å². The monoisotopic (exact) mass is 470 g/mol. The van der Waals surface area contributed by atoms with Gasteiger partial charge in [0.2, 0.25) is 11.8 Å². The highest BCUT2D eigenvalue weighted by molar-refractivity contribution is 5.86. The second-order valence-corrected chi connectivity index (χ2v) is 8.67. The Morgan fingerprint density at radius 3 is 2.38 bits per heavy atom. The number of rotatable bonds is 14. The third kappa shape index (κ3) is 9.11. The molecular weight excluding hydrogens is 432 g/mol. The molecule has 8 nitrogen and oxygen atoms in total. The minimum absolute atomic E-state index is 0.0821. The molecule has 2 amide bonds. The van der Waals surface area contributed by atoms with Crippen molar-refractivity contribution in [2.45, 2.75) is 26.3 Å². The molecule has 0 aliphatic heterocycles. The average Bonchev–Trinajstić information content (AvgIpc) is 2.82. The number of nitrogens with zero attached hydrogens (tertiary/aromatic N) is 3. The first-order valence-electron chi connectivity index (χ1n) is 11.8. The molecule has 1 N–H and O–H groups in total. The zero-order chi connectivity index (χ0) is 24.9. The molecule has 0 saturated carbocycles. The molecule has 186 valence electrons. The van der Waals surface area contributed by atoms with Crippen molar-refractivity contribution >= 4 is 28.6 Å². The van der Waals surface area contributed by atoms with E-state index in [1.807, 2.05) is 47.0 Å². The fourth-order valence-electron chi connectivity index (χ4n) is 3.73. The summed E-state index contributed by atoms with van der Waals surface area (Å²) in [5, 5.41) is 4.89. The third-order valence-corrected chi connectivity index (χ3v) is 5.57. The van der Waals surface area contributed by atoms with Gasteiger partial charge >= 0.3 is 5.97 Å². The van der Waals surface area contributed by atoms with Crippen LogP contribution in [0.2, 0.25) is 0 Å². The largest absolute Gasteiger partial charge is 0.468 e. The van der Waals surface area contributed by atoms with E-state index in [4.69, 9.17) is 0 Å². The lowest BCUT2D eigenvalue weighted by molar-refractivity contribution is -0.141. The molecule has 0 aliphatic rings. The number of methoxy groups -OCH3 is 1. The highest BCUT2D eigenvalue weighted by atomic mass is 16.5. The Balaban J connectivity index is 2.16. The van der Waals surface area contributed by atoms with E-state index in [0.717, 1.165) is 29.2 Å². The first kappa shape index (κ1) is 27.3. The van der Waals surface area contributed by atoms with Gasteiger partial charge in [0.1, 0.15) is 6.54 Å². The summed E-state index contributed by atoms with van der Waals surface area (Å²) in [4.78, 5) is 42.5. The van der Waals surface area contributed by atoms with Crippen LogP contribution in [0.5, 0.6) is 0 Å². The number of esters is 1. The molecule has 2 rings (SSSR count). The van der Waals surface area contributed by atoms with Crippen LogP contribution in [0.4, 0.5) is 0 Å². The Morgan fingerprint density at radius 1 is 0.941 bits per heavy atom. The maximum absolute atomic E-state index is 12.8. The predicted molar refractivity (Wildman–Crippen MR) is 134 cm³/mol. The van der Waals surface area contributed by atoms with Gasteiger partial charge in [0.25, 0.3) is 0 Å². The number of ether oxygens (including phenoxy) is 1. The van der Waals surface area contributed by atoms with Crippen molar-refractivity contribution in [1.29, 1.82) is 0 Å². The van der Waals surface area contributed by atoms with E-state index in [1.54, 1.807) is 0 Å². The van der Waals surface area contributed by atoms with Gasteiger partial charge in [0.05, 0.1) is 20.2 Å². The van der Waals surface area contributed by atoms with E-state index >= 15 is 0 Å². The first-order chi connectivity index (χ1) is 16.3. The molecule has 0 saturated heterocycles. The van der Waals surface area contributed by atoms with Crippen LogP contribution < -0.4 is 5.32 Å². The molecule has 0 fully saturated rings. The van der Waals surface area contributed by atoms with Crippen molar-refractivity contribution in [3.8, 4) is 0 Å². The molecule has 8 heteroatoms. The van der Waals surface area contributed by atoms with Crippen LogP contribution in [0.3, 0.4) is 0 Å². The van der Waals surface area contributed by atoms with E-state index in [9.17, 15) is 14.4 Å². The second kappa shape index (κ2) is 14.3. The van der Waals surface area contributed by atoms with Gasteiger partial charge in [-0.3, -0.25) is 19.3 Å². The quantitative estimate of drug-likeness (QED) is 0.426. The predicted octanol–water partition coefficient (Wildman–Crippen LogP) is 2.12. The number of carbonyl (C=O) groups is 3. The average molecular weight is 471 g/mol. The van der Waals surface area contributed by atoms with Crippen molar-refractivity contribution in [2.75, 3.05) is 60.5 Å². The van der Waals surface area contributed by atoms with Crippen LogP contribution in [0.15, 0.2) is 42.5 Å². The summed E-state index contributed by atoms with van der Waals surface area (Å²) in [6.45, 7) is 4.72. The summed E-state index contributed by atoms with van der Waals surface area (Å²) in [7, 11) is 5.06.